The Hall–Kier alpha value is 1.08. The summed E-state index contributed by atoms with van der Waals surface area (Å²) in [6, 6.07) is -1.80. The predicted octanol–water partition coefficient (Wildman–Crippen LogP) is -5.78. The summed E-state index contributed by atoms with van der Waals surface area (Å²) in [6.45, 7) is 6.65. The van der Waals surface area contributed by atoms with E-state index in [4.69, 9.17) is 21.7 Å². The van der Waals surface area contributed by atoms with Crippen LogP contribution in [-0.2, 0) is 37.3 Å². The molecule has 2 unspecified atom stereocenters. The number of nitrogens with two attached hydrogens (primary N) is 2. The molecule has 0 aliphatic carbocycles. The molecule has 0 aromatic carbocycles. The van der Waals surface area contributed by atoms with Crippen molar-refractivity contribution in [2.75, 3.05) is 0 Å². The zero-order valence-corrected chi connectivity index (χ0v) is 21.2. The third-order valence-corrected chi connectivity index (χ3v) is 2.61. The van der Waals surface area contributed by atoms with Gasteiger partial charge in [0.15, 0.2) is 0 Å². The molecule has 0 spiro atoms. The van der Waals surface area contributed by atoms with Crippen molar-refractivity contribution in [2.45, 2.75) is 49.3 Å². The Morgan fingerprint density at radius 3 is 1.00 bits per heavy atom. The van der Waals surface area contributed by atoms with Crippen molar-refractivity contribution in [1.82, 2.24) is 0 Å². The first-order valence-corrected chi connectivity index (χ1v) is 6.02. The van der Waals surface area contributed by atoms with Gasteiger partial charge in [0.25, 0.3) is 0 Å². The van der Waals surface area contributed by atoms with Gasteiger partial charge in [-0.2, -0.15) is 25.3 Å². The van der Waals surface area contributed by atoms with Gasteiger partial charge in [-0.3, -0.25) is 9.59 Å². The monoisotopic (exact) mass is 570 g/mol. The number of carboxylic acids is 2. The average molecular weight is 570 g/mol. The third kappa shape index (κ3) is 17.3. The molecule has 0 saturated heterocycles. The molecule has 6 N–H and O–H groups in total. The van der Waals surface area contributed by atoms with Crippen LogP contribution in [-0.4, -0.2) is 43.7 Å². The molecule has 0 amide bonds. The summed E-state index contributed by atoms with van der Waals surface area (Å²) in [6.07, 6.45) is 0. The van der Waals surface area contributed by atoms with Crippen molar-refractivity contribution in [3.05, 3.63) is 0 Å². The van der Waals surface area contributed by atoms with Crippen LogP contribution < -0.4 is 36.3 Å². The molecule has 0 fully saturated rings. The van der Waals surface area contributed by atoms with E-state index in [1.54, 1.807) is 27.7 Å². The van der Waals surface area contributed by atoms with Crippen LogP contribution >= 0.6 is 25.3 Å². The van der Waals surface area contributed by atoms with Crippen molar-refractivity contribution in [3.8, 4) is 0 Å². The van der Waals surface area contributed by atoms with Gasteiger partial charge in [-0.05, 0) is 27.7 Å². The molecule has 0 aromatic heterocycles. The molecule has 2 atom stereocenters. The van der Waals surface area contributed by atoms with Gasteiger partial charge in [0.05, 0.1) is 0 Å². The first-order chi connectivity index (χ1) is 7.71. The zero-order chi connectivity index (χ0) is 15.3. The third-order valence-electron chi connectivity index (χ3n) is 2.05. The minimum absolute atomic E-state index is 0. The van der Waals surface area contributed by atoms with E-state index in [2.05, 4.69) is 25.3 Å². The Labute approximate surface area is 169 Å². The van der Waals surface area contributed by atoms with Crippen LogP contribution in [0.1, 0.15) is 27.7 Å². The first kappa shape index (κ1) is 33.6. The predicted molar refractivity (Wildman–Crippen MR) is 77.4 cm³/mol. The molecule has 0 bridgehead atoms. The molecule has 0 aromatic rings. The normalized spacial score (nSPS) is 13.0. The largest absolute Gasteiger partial charge is 2.00 e. The second kappa shape index (κ2) is 13.5. The van der Waals surface area contributed by atoms with Crippen LogP contribution in [0, 0.1) is 0 Å². The molecule has 0 radical (unpaired) electrons. The molecule has 0 saturated carbocycles. The fourth-order valence-electron chi connectivity index (χ4n) is 0.604. The molecule has 124 valence electrons. The number of carboxylic acid groups (broad SMARTS) is 2. The number of hydrogen-bond acceptors (Lipinski definition) is 6. The van der Waals surface area contributed by atoms with E-state index in [9.17, 15) is 9.59 Å². The second-order valence-electron chi connectivity index (χ2n) is 4.94. The van der Waals surface area contributed by atoms with Gasteiger partial charge in [-0.15, -0.1) is 0 Å². The van der Waals surface area contributed by atoms with E-state index in [1.807, 2.05) is 0 Å². The van der Waals surface area contributed by atoms with Gasteiger partial charge in [0.1, 0.15) is 12.1 Å². The smallest absolute Gasteiger partial charge is 1.00 e. The number of halogens is 2. The zero-order valence-electron chi connectivity index (χ0n) is 12.4. The Kier molecular flexibility index (Phi) is 21.6. The molecular weight excluding hydrogens is 548 g/mol. The van der Waals surface area contributed by atoms with Crippen LogP contribution in [0.5, 0.6) is 0 Å². The Bertz CT molecular complexity index is 282. The number of aliphatic carboxylic acids is 2. The average Bonchev–Trinajstić information content (AvgIpc) is 2.13. The maximum atomic E-state index is 10.2. The SMILES string of the molecule is CC(C)(S)C(N)C(=O)O.CC(C)(S)C(N)C(=O)O.[Cl-].[Cl-].[Hg+2]. The van der Waals surface area contributed by atoms with E-state index < -0.39 is 33.5 Å². The summed E-state index contributed by atoms with van der Waals surface area (Å²) >= 11 is 7.97. The van der Waals surface area contributed by atoms with Crippen molar-refractivity contribution in [3.63, 3.8) is 0 Å². The maximum Gasteiger partial charge on any atom is 2.00 e. The maximum absolute atomic E-state index is 10.2. The standard InChI is InChI=1S/2C5H11NO2S.2ClH.Hg/c2*1-5(2,9)3(6)4(7)8;;;/h2*3,9H,6H2,1-2H3,(H,7,8);2*1H;/q;;;;+2/p-2. The summed E-state index contributed by atoms with van der Waals surface area (Å²) < 4.78 is -1.29. The fraction of sp³-hybridized carbons (Fsp3) is 0.800. The van der Waals surface area contributed by atoms with Gasteiger partial charge in [-0.1, -0.05) is 0 Å². The van der Waals surface area contributed by atoms with Gasteiger partial charge < -0.3 is 46.5 Å². The topological polar surface area (TPSA) is 127 Å². The molecule has 0 rings (SSSR count). The van der Waals surface area contributed by atoms with Gasteiger partial charge in [-0.25, -0.2) is 0 Å². The van der Waals surface area contributed by atoms with E-state index in [0.29, 0.717) is 0 Å². The molecule has 11 heteroatoms. The van der Waals surface area contributed by atoms with E-state index in [0.717, 1.165) is 0 Å². The molecule has 0 aliphatic heterocycles. The quantitative estimate of drug-likeness (QED) is 0.148. The fourth-order valence-corrected chi connectivity index (χ4v) is 0.825. The van der Waals surface area contributed by atoms with E-state index in [1.165, 1.54) is 0 Å². The minimum Gasteiger partial charge on any atom is -1.00 e. The van der Waals surface area contributed by atoms with E-state index in [-0.39, 0.29) is 52.5 Å². The van der Waals surface area contributed by atoms with Crippen molar-refractivity contribution < 1.29 is 72.3 Å². The Balaban J connectivity index is -0.0000000711. The number of carbonyl (C=O) groups is 2. The summed E-state index contributed by atoms with van der Waals surface area (Å²) in [7, 11) is 0. The molecular formula is C10H22Cl2HgN2O4S2. The van der Waals surface area contributed by atoms with Gasteiger partial charge in [0, 0.05) is 9.49 Å². The molecule has 21 heavy (non-hydrogen) atoms. The van der Waals surface area contributed by atoms with Crippen LogP contribution in [0.25, 0.3) is 0 Å². The minimum atomic E-state index is -1.02. The molecule has 0 aliphatic rings. The van der Waals surface area contributed by atoms with Crippen LogP contribution in [0.3, 0.4) is 0 Å². The van der Waals surface area contributed by atoms with E-state index >= 15 is 0 Å². The van der Waals surface area contributed by atoms with Crippen LogP contribution in [0.15, 0.2) is 0 Å². The summed E-state index contributed by atoms with van der Waals surface area (Å²) in [4.78, 5) is 20.3. The summed E-state index contributed by atoms with van der Waals surface area (Å²) in [5, 5.41) is 16.7. The second-order valence-corrected chi connectivity index (χ2v) is 7.24. The van der Waals surface area contributed by atoms with Crippen LogP contribution in [0.4, 0.5) is 0 Å². The van der Waals surface area contributed by atoms with Gasteiger partial charge >= 0.3 is 39.6 Å². The first-order valence-electron chi connectivity index (χ1n) is 5.12. The van der Waals surface area contributed by atoms with Crippen LogP contribution in [0.2, 0.25) is 0 Å². The summed E-state index contributed by atoms with van der Waals surface area (Å²) in [5.74, 6) is -2.04. The van der Waals surface area contributed by atoms with Crippen molar-refractivity contribution in [2.24, 2.45) is 11.5 Å². The Morgan fingerprint density at radius 2 is 1.00 bits per heavy atom. The Morgan fingerprint density at radius 1 is 0.857 bits per heavy atom. The van der Waals surface area contributed by atoms with Crippen molar-refractivity contribution in [1.29, 1.82) is 0 Å². The van der Waals surface area contributed by atoms with Gasteiger partial charge in [0.2, 0.25) is 0 Å². The molecule has 0 heterocycles. The summed E-state index contributed by atoms with van der Waals surface area (Å²) in [5.41, 5.74) is 10.4. The number of hydrogen-bond donors (Lipinski definition) is 6. The van der Waals surface area contributed by atoms with Crippen molar-refractivity contribution >= 4 is 37.2 Å². The number of rotatable bonds is 4. The molecule has 6 nitrogen and oxygen atoms in total. The number of thiol groups is 2.